The Kier molecular flexibility index (Phi) is 21.4. The van der Waals surface area contributed by atoms with Crippen LogP contribution in [0.5, 0.6) is 0 Å². The summed E-state index contributed by atoms with van der Waals surface area (Å²) in [4.78, 5) is 0. The van der Waals surface area contributed by atoms with E-state index < -0.39 is 0 Å². The molecule has 32 heavy (non-hydrogen) atoms. The quantitative estimate of drug-likeness (QED) is 0.0953. The molecule has 2 heteroatoms. The van der Waals surface area contributed by atoms with Crippen LogP contribution in [0.2, 0.25) is 0 Å². The summed E-state index contributed by atoms with van der Waals surface area (Å²) in [6.45, 7) is 25.5. The number of unbranched alkanes of at least 4 members (excludes halogenated alkanes) is 9. The van der Waals surface area contributed by atoms with Gasteiger partial charge >= 0.3 is 0 Å². The molecule has 0 N–H and O–H groups in total. The summed E-state index contributed by atoms with van der Waals surface area (Å²) in [6, 6.07) is 0. The van der Waals surface area contributed by atoms with Crippen LogP contribution < -0.4 is 0 Å². The second kappa shape index (κ2) is 21.5. The summed E-state index contributed by atoms with van der Waals surface area (Å²) >= 11 is 0. The third kappa shape index (κ3) is 14.9. The van der Waals surface area contributed by atoms with Gasteiger partial charge in [-0.2, -0.15) is 0 Å². The zero-order valence-corrected chi connectivity index (χ0v) is 23.9. The van der Waals surface area contributed by atoms with Crippen LogP contribution in [-0.4, -0.2) is 61.3 Å². The number of quaternary nitrogens is 2. The first-order valence-electron chi connectivity index (χ1n) is 15.3. The van der Waals surface area contributed by atoms with E-state index in [1.165, 1.54) is 164 Å². The van der Waals surface area contributed by atoms with Gasteiger partial charge in [-0.1, -0.05) is 80.1 Å². The highest BCUT2D eigenvalue weighted by Crippen LogP contribution is 2.18. The van der Waals surface area contributed by atoms with Gasteiger partial charge in [0.25, 0.3) is 0 Å². The van der Waals surface area contributed by atoms with Crippen molar-refractivity contribution in [3.8, 4) is 0 Å². The molecule has 0 rings (SSSR count). The minimum absolute atomic E-state index is 1.34. The molecule has 0 radical (unpaired) electrons. The van der Waals surface area contributed by atoms with Gasteiger partial charge in [0.1, 0.15) is 0 Å². The van der Waals surface area contributed by atoms with Crippen molar-refractivity contribution in [3.63, 3.8) is 0 Å². The fourth-order valence-electron chi connectivity index (χ4n) is 6.50. The molecule has 0 aromatic heterocycles. The lowest BCUT2D eigenvalue weighted by molar-refractivity contribution is -0.928. The predicted molar refractivity (Wildman–Crippen MR) is 147 cm³/mol. The van der Waals surface area contributed by atoms with Crippen molar-refractivity contribution in [2.75, 3.05) is 52.4 Å². The summed E-state index contributed by atoms with van der Waals surface area (Å²) in [5.74, 6) is 0. The molecular formula is C30H66N2+2. The van der Waals surface area contributed by atoms with E-state index in [0.29, 0.717) is 0 Å². The minimum Gasteiger partial charge on any atom is -0.324 e. The predicted octanol–water partition coefficient (Wildman–Crippen LogP) is 8.98. The molecule has 0 aliphatic rings. The number of hydrogen-bond donors (Lipinski definition) is 0. The van der Waals surface area contributed by atoms with E-state index in [4.69, 9.17) is 0 Å². The highest BCUT2D eigenvalue weighted by atomic mass is 15.3. The molecule has 0 amide bonds. The van der Waals surface area contributed by atoms with Crippen molar-refractivity contribution in [2.45, 2.75) is 144 Å². The molecule has 0 unspecified atom stereocenters. The van der Waals surface area contributed by atoms with Gasteiger partial charge in [-0.3, -0.25) is 0 Å². The van der Waals surface area contributed by atoms with Crippen LogP contribution in [0.1, 0.15) is 144 Å². The summed E-state index contributed by atoms with van der Waals surface area (Å²) in [5.41, 5.74) is 0. The second-order valence-corrected chi connectivity index (χ2v) is 11.0. The SMILES string of the molecule is CCC[N+](CCC)(CCC)CCCCCCCCCCCC[N+](CCC)(CCC)CCC. The Morgan fingerprint density at radius 2 is 0.438 bits per heavy atom. The molecule has 0 fully saturated rings. The molecule has 0 aromatic rings. The normalized spacial score (nSPS) is 12.6. The molecule has 194 valence electrons. The van der Waals surface area contributed by atoms with E-state index >= 15 is 0 Å². The van der Waals surface area contributed by atoms with Crippen LogP contribution in [-0.2, 0) is 0 Å². The Morgan fingerprint density at radius 1 is 0.250 bits per heavy atom. The molecule has 2 nitrogen and oxygen atoms in total. The molecule has 0 spiro atoms. The number of nitrogens with zero attached hydrogens (tertiary/aromatic N) is 2. The average molecular weight is 455 g/mol. The van der Waals surface area contributed by atoms with Gasteiger partial charge in [-0.15, -0.1) is 0 Å². The van der Waals surface area contributed by atoms with Crippen molar-refractivity contribution in [3.05, 3.63) is 0 Å². The van der Waals surface area contributed by atoms with Crippen LogP contribution in [0.3, 0.4) is 0 Å². The smallest absolute Gasteiger partial charge is 0.0786 e. The van der Waals surface area contributed by atoms with E-state index in [2.05, 4.69) is 41.5 Å². The minimum atomic E-state index is 1.34. The Hall–Kier alpha value is -0.0800. The molecular weight excluding hydrogens is 388 g/mol. The molecule has 0 aromatic carbocycles. The first kappa shape index (κ1) is 31.9. The van der Waals surface area contributed by atoms with Gasteiger partial charge in [-0.25, -0.2) is 0 Å². The maximum Gasteiger partial charge on any atom is 0.0786 e. The molecule has 0 saturated heterocycles. The van der Waals surface area contributed by atoms with Crippen LogP contribution in [0.25, 0.3) is 0 Å². The molecule has 0 aliphatic heterocycles. The zero-order valence-electron chi connectivity index (χ0n) is 23.9. The summed E-state index contributed by atoms with van der Waals surface area (Å²) in [7, 11) is 0. The first-order valence-corrected chi connectivity index (χ1v) is 15.3. The van der Waals surface area contributed by atoms with E-state index in [-0.39, 0.29) is 0 Å². The Labute approximate surface area is 205 Å². The third-order valence-electron chi connectivity index (χ3n) is 7.70. The zero-order chi connectivity index (χ0) is 24.0. The molecule has 0 atom stereocenters. The van der Waals surface area contributed by atoms with Crippen LogP contribution >= 0.6 is 0 Å². The van der Waals surface area contributed by atoms with Crippen molar-refractivity contribution >= 4 is 0 Å². The molecule has 0 aliphatic carbocycles. The second-order valence-electron chi connectivity index (χ2n) is 11.0. The van der Waals surface area contributed by atoms with E-state index in [9.17, 15) is 0 Å². The molecule has 0 heterocycles. The highest BCUT2D eigenvalue weighted by molar-refractivity contribution is 4.52. The Morgan fingerprint density at radius 3 is 0.625 bits per heavy atom. The Balaban J connectivity index is 3.85. The van der Waals surface area contributed by atoms with Crippen LogP contribution in [0.4, 0.5) is 0 Å². The summed E-state index contributed by atoms with van der Waals surface area (Å²) in [5, 5.41) is 0. The fourth-order valence-corrected chi connectivity index (χ4v) is 6.50. The summed E-state index contributed by atoms with van der Waals surface area (Å²) < 4.78 is 2.80. The Bertz CT molecular complexity index is 309. The standard InChI is InChI=1S/C30H66N2/c1-7-23-31(24-8-2,25-9-3)29-21-19-17-15-13-14-16-18-20-22-30-32(26-10-4,27-11-5)28-12-6/h7-30H2,1-6H3/q+2. The monoisotopic (exact) mass is 455 g/mol. The van der Waals surface area contributed by atoms with Gasteiger partial charge in [0, 0.05) is 0 Å². The molecule has 0 bridgehead atoms. The fraction of sp³-hybridized carbons (Fsp3) is 1.00. The van der Waals surface area contributed by atoms with Gasteiger partial charge in [-0.05, 0) is 64.2 Å². The van der Waals surface area contributed by atoms with Crippen molar-refractivity contribution in [2.24, 2.45) is 0 Å². The topological polar surface area (TPSA) is 0 Å². The van der Waals surface area contributed by atoms with Gasteiger partial charge in [0.15, 0.2) is 0 Å². The van der Waals surface area contributed by atoms with Crippen molar-refractivity contribution in [1.82, 2.24) is 0 Å². The summed E-state index contributed by atoms with van der Waals surface area (Å²) in [6.07, 6.45) is 22.7. The van der Waals surface area contributed by atoms with Crippen molar-refractivity contribution < 1.29 is 8.97 Å². The third-order valence-corrected chi connectivity index (χ3v) is 7.70. The first-order chi connectivity index (χ1) is 15.6. The number of hydrogen-bond acceptors (Lipinski definition) is 0. The highest BCUT2D eigenvalue weighted by Gasteiger charge is 2.24. The van der Waals surface area contributed by atoms with E-state index in [1.54, 1.807) is 0 Å². The van der Waals surface area contributed by atoms with Gasteiger partial charge in [0.2, 0.25) is 0 Å². The maximum atomic E-state index is 2.37. The largest absolute Gasteiger partial charge is 0.324 e. The van der Waals surface area contributed by atoms with Gasteiger partial charge < -0.3 is 8.97 Å². The lowest BCUT2D eigenvalue weighted by atomic mass is 10.0. The lowest BCUT2D eigenvalue weighted by Crippen LogP contribution is -2.50. The average Bonchev–Trinajstić information content (AvgIpc) is 2.76. The van der Waals surface area contributed by atoms with Crippen LogP contribution in [0, 0.1) is 0 Å². The number of rotatable bonds is 25. The van der Waals surface area contributed by atoms with Crippen LogP contribution in [0.15, 0.2) is 0 Å². The van der Waals surface area contributed by atoms with E-state index in [1.807, 2.05) is 0 Å². The lowest BCUT2D eigenvalue weighted by Gasteiger charge is -2.38. The maximum absolute atomic E-state index is 2.37. The van der Waals surface area contributed by atoms with Gasteiger partial charge in [0.05, 0.1) is 52.4 Å². The molecule has 0 saturated carbocycles. The van der Waals surface area contributed by atoms with Crippen molar-refractivity contribution in [1.29, 1.82) is 0 Å². The van der Waals surface area contributed by atoms with E-state index in [0.717, 1.165) is 0 Å².